The fourth-order valence-electron chi connectivity index (χ4n) is 5.74. The van der Waals surface area contributed by atoms with Gasteiger partial charge in [-0.05, 0) is 74.4 Å². The van der Waals surface area contributed by atoms with Gasteiger partial charge >= 0.3 is 0 Å². The summed E-state index contributed by atoms with van der Waals surface area (Å²) in [6.07, 6.45) is 10.1. The van der Waals surface area contributed by atoms with Crippen LogP contribution in [0.25, 0.3) is 17.1 Å². The van der Waals surface area contributed by atoms with Gasteiger partial charge in [-0.25, -0.2) is 4.98 Å². The van der Waals surface area contributed by atoms with Crippen LogP contribution in [0.4, 0.5) is 17.3 Å². The Labute approximate surface area is 277 Å². The second-order valence-corrected chi connectivity index (χ2v) is 11.8. The number of hydrogen-bond acceptors (Lipinski definition) is 9. The molecule has 0 unspecified atom stereocenters. The summed E-state index contributed by atoms with van der Waals surface area (Å²) < 4.78 is 8.58. The summed E-state index contributed by atoms with van der Waals surface area (Å²) in [4.78, 5) is 55.4. The average molecular weight is 647 g/mol. The standard InChI is InChI=1S/C36H38N8O4/c1-24(2)44-32-31(22-39-36(41-32)40-27-10-12-28(13-11-27)42-17-19-48-20-18-42)25(3)29(35(44)47)8-5-15-38-33(45)30-9-6-16-43(34(30)46)23-26-7-4-14-37-21-26/h4-14,16,21-22,24H,15,17-20,23H2,1-3H3,(H,38,45)(H,39,40,41)/b8-5+. The van der Waals surface area contributed by atoms with E-state index in [9.17, 15) is 14.4 Å². The van der Waals surface area contributed by atoms with Gasteiger partial charge in [0, 0.05) is 72.8 Å². The molecule has 1 saturated heterocycles. The molecule has 5 aromatic rings. The maximum Gasteiger partial charge on any atom is 0.263 e. The van der Waals surface area contributed by atoms with Gasteiger partial charge in [0.15, 0.2) is 0 Å². The van der Waals surface area contributed by atoms with Crippen LogP contribution in [0.3, 0.4) is 0 Å². The number of carbonyl (C=O) groups is 1. The molecule has 1 aliphatic rings. The average Bonchev–Trinajstić information content (AvgIpc) is 3.09. The van der Waals surface area contributed by atoms with Gasteiger partial charge in [-0.1, -0.05) is 18.2 Å². The number of carbonyl (C=O) groups excluding carboxylic acids is 1. The predicted octanol–water partition coefficient (Wildman–Crippen LogP) is 4.31. The summed E-state index contributed by atoms with van der Waals surface area (Å²) in [6, 6.07) is 14.8. The van der Waals surface area contributed by atoms with E-state index in [1.807, 2.05) is 39.0 Å². The van der Waals surface area contributed by atoms with Gasteiger partial charge < -0.3 is 24.8 Å². The second kappa shape index (κ2) is 14.4. The van der Waals surface area contributed by atoms with E-state index in [-0.39, 0.29) is 23.7 Å². The molecule has 1 amide bonds. The number of benzene rings is 1. The highest BCUT2D eigenvalue weighted by molar-refractivity contribution is 5.94. The minimum Gasteiger partial charge on any atom is -0.378 e. The summed E-state index contributed by atoms with van der Waals surface area (Å²) in [6.45, 7) is 9.34. The molecule has 5 heterocycles. The third kappa shape index (κ3) is 7.03. The molecule has 12 nitrogen and oxygen atoms in total. The first kappa shape index (κ1) is 32.3. The monoisotopic (exact) mass is 646 g/mol. The molecular formula is C36H38N8O4. The van der Waals surface area contributed by atoms with E-state index in [0.29, 0.717) is 23.7 Å². The maximum absolute atomic E-state index is 13.8. The minimum absolute atomic E-state index is 0.0356. The zero-order valence-electron chi connectivity index (χ0n) is 27.2. The van der Waals surface area contributed by atoms with Gasteiger partial charge in [-0.2, -0.15) is 4.98 Å². The smallest absolute Gasteiger partial charge is 0.263 e. The van der Waals surface area contributed by atoms with Gasteiger partial charge in [0.2, 0.25) is 5.95 Å². The summed E-state index contributed by atoms with van der Waals surface area (Å²) >= 11 is 0. The van der Waals surface area contributed by atoms with Crippen LogP contribution in [0.1, 0.15) is 46.9 Å². The van der Waals surface area contributed by atoms with Crippen molar-refractivity contribution < 1.29 is 9.53 Å². The molecule has 0 spiro atoms. The fourth-order valence-corrected chi connectivity index (χ4v) is 5.74. The van der Waals surface area contributed by atoms with Gasteiger partial charge in [0.05, 0.1) is 19.8 Å². The zero-order chi connectivity index (χ0) is 33.6. The van der Waals surface area contributed by atoms with E-state index < -0.39 is 11.5 Å². The number of aryl methyl sites for hydroxylation is 1. The van der Waals surface area contributed by atoms with Crippen LogP contribution in [0.15, 0.2) is 89.0 Å². The number of fused-ring (bicyclic) bond motifs is 1. The van der Waals surface area contributed by atoms with Crippen molar-refractivity contribution >= 4 is 40.3 Å². The summed E-state index contributed by atoms with van der Waals surface area (Å²) in [5, 5.41) is 6.78. The molecule has 0 bridgehead atoms. The third-order valence-electron chi connectivity index (χ3n) is 8.28. The van der Waals surface area contributed by atoms with Crippen molar-refractivity contribution in [2.24, 2.45) is 0 Å². The van der Waals surface area contributed by atoms with Crippen molar-refractivity contribution in [1.29, 1.82) is 0 Å². The van der Waals surface area contributed by atoms with E-state index in [1.54, 1.807) is 53.6 Å². The van der Waals surface area contributed by atoms with Crippen molar-refractivity contribution in [3.05, 3.63) is 122 Å². The molecule has 4 aromatic heterocycles. The van der Waals surface area contributed by atoms with Gasteiger partial charge in [0.25, 0.3) is 17.0 Å². The molecular weight excluding hydrogens is 608 g/mol. The predicted molar refractivity (Wildman–Crippen MR) is 187 cm³/mol. The molecule has 48 heavy (non-hydrogen) atoms. The van der Waals surface area contributed by atoms with Crippen molar-refractivity contribution in [2.75, 3.05) is 43.1 Å². The number of anilines is 3. The minimum atomic E-state index is -0.496. The highest BCUT2D eigenvalue weighted by Gasteiger charge is 2.18. The number of morpholine rings is 1. The van der Waals surface area contributed by atoms with Gasteiger partial charge in [0.1, 0.15) is 11.2 Å². The number of amides is 1. The lowest BCUT2D eigenvalue weighted by atomic mass is 10.1. The lowest BCUT2D eigenvalue weighted by Crippen LogP contribution is -2.36. The van der Waals surface area contributed by atoms with Crippen LogP contribution in [0.2, 0.25) is 0 Å². The Hall–Kier alpha value is -5.62. The van der Waals surface area contributed by atoms with Gasteiger partial charge in [-0.15, -0.1) is 0 Å². The van der Waals surface area contributed by atoms with E-state index in [4.69, 9.17) is 9.72 Å². The summed E-state index contributed by atoms with van der Waals surface area (Å²) in [7, 11) is 0. The molecule has 12 heteroatoms. The van der Waals surface area contributed by atoms with E-state index >= 15 is 0 Å². The second-order valence-electron chi connectivity index (χ2n) is 11.8. The Balaban J connectivity index is 1.18. The lowest BCUT2D eigenvalue weighted by Gasteiger charge is -2.28. The van der Waals surface area contributed by atoms with Crippen molar-refractivity contribution in [3.8, 4) is 0 Å². The van der Waals surface area contributed by atoms with Crippen molar-refractivity contribution in [3.63, 3.8) is 0 Å². The molecule has 0 aliphatic carbocycles. The number of hydrogen-bond donors (Lipinski definition) is 2. The first-order chi connectivity index (χ1) is 23.3. The van der Waals surface area contributed by atoms with E-state index in [2.05, 4.69) is 37.6 Å². The lowest BCUT2D eigenvalue weighted by molar-refractivity contribution is 0.0956. The number of ether oxygens (including phenoxy) is 1. The molecule has 246 valence electrons. The molecule has 1 fully saturated rings. The number of nitrogens with zero attached hydrogens (tertiary/aromatic N) is 6. The van der Waals surface area contributed by atoms with Crippen molar-refractivity contribution in [2.45, 2.75) is 33.4 Å². The largest absolute Gasteiger partial charge is 0.378 e. The van der Waals surface area contributed by atoms with E-state index in [1.165, 1.54) is 10.6 Å². The third-order valence-corrected chi connectivity index (χ3v) is 8.28. The zero-order valence-corrected chi connectivity index (χ0v) is 27.2. The number of pyridine rings is 3. The number of rotatable bonds is 10. The van der Waals surface area contributed by atoms with Crippen molar-refractivity contribution in [1.82, 2.24) is 29.4 Å². The van der Waals surface area contributed by atoms with Crippen LogP contribution >= 0.6 is 0 Å². The molecule has 0 radical (unpaired) electrons. The molecule has 2 N–H and O–H groups in total. The maximum atomic E-state index is 13.8. The molecule has 1 aromatic carbocycles. The Bertz CT molecular complexity index is 2070. The molecule has 0 saturated carbocycles. The SMILES string of the molecule is Cc1c(/C=C/CNC(=O)c2cccn(Cc3cccnc3)c2=O)c(=O)n(C(C)C)c2nc(Nc3ccc(N4CCOCC4)cc3)ncc12. The van der Waals surface area contributed by atoms with Crippen LogP contribution in [0.5, 0.6) is 0 Å². The first-order valence-corrected chi connectivity index (χ1v) is 15.9. The molecule has 0 atom stereocenters. The Morgan fingerprint density at radius 2 is 1.81 bits per heavy atom. The summed E-state index contributed by atoms with van der Waals surface area (Å²) in [5.74, 6) is -0.106. The number of aromatic nitrogens is 5. The first-order valence-electron chi connectivity index (χ1n) is 15.9. The Morgan fingerprint density at radius 1 is 1.02 bits per heavy atom. The highest BCUT2D eigenvalue weighted by Crippen LogP contribution is 2.24. The van der Waals surface area contributed by atoms with Gasteiger partial charge in [-0.3, -0.25) is 23.9 Å². The molecule has 6 rings (SSSR count). The fraction of sp³-hybridized carbons (Fsp3) is 0.278. The van der Waals surface area contributed by atoms with Crippen LogP contribution in [-0.4, -0.2) is 62.8 Å². The Kier molecular flexibility index (Phi) is 9.72. The number of nitrogens with one attached hydrogen (secondary N) is 2. The topological polar surface area (TPSA) is 136 Å². The Morgan fingerprint density at radius 3 is 2.54 bits per heavy atom. The quantitative estimate of drug-likeness (QED) is 0.228. The van der Waals surface area contributed by atoms with Crippen LogP contribution in [0, 0.1) is 6.92 Å². The summed E-state index contributed by atoms with van der Waals surface area (Å²) in [5.41, 5.74) is 4.01. The van der Waals surface area contributed by atoms with Crippen LogP contribution in [-0.2, 0) is 11.3 Å². The van der Waals surface area contributed by atoms with E-state index in [0.717, 1.165) is 54.2 Å². The highest BCUT2D eigenvalue weighted by atomic mass is 16.5. The van der Waals surface area contributed by atoms with Crippen LogP contribution < -0.4 is 26.7 Å². The molecule has 1 aliphatic heterocycles. The normalized spacial score (nSPS) is 13.4.